The number of hydrogen-bond acceptors (Lipinski definition) is 3. The highest BCUT2D eigenvalue weighted by molar-refractivity contribution is 7.89. The van der Waals surface area contributed by atoms with E-state index in [1.54, 1.807) is 0 Å². The molecular formula is C10H11F4NO3S. The van der Waals surface area contributed by atoms with Gasteiger partial charge in [-0.1, -0.05) is 0 Å². The Hall–Kier alpha value is -1.35. The van der Waals surface area contributed by atoms with Gasteiger partial charge in [0.2, 0.25) is 21.7 Å². The van der Waals surface area contributed by atoms with Gasteiger partial charge in [-0.15, -0.1) is 0 Å². The molecule has 0 amide bonds. The van der Waals surface area contributed by atoms with Crippen LogP contribution in [0.5, 0.6) is 5.75 Å². The molecule has 2 N–H and O–H groups in total. The Kier molecular flexibility index (Phi) is 5.12. The maximum absolute atomic E-state index is 13.1. The Labute approximate surface area is 107 Å². The van der Waals surface area contributed by atoms with Crippen molar-refractivity contribution in [3.05, 3.63) is 29.3 Å². The summed E-state index contributed by atoms with van der Waals surface area (Å²) in [4.78, 5) is 0. The zero-order chi connectivity index (χ0) is 14.6. The first-order valence-electron chi connectivity index (χ1n) is 5.18. The van der Waals surface area contributed by atoms with Crippen molar-refractivity contribution in [2.45, 2.75) is 12.8 Å². The van der Waals surface area contributed by atoms with E-state index < -0.39 is 39.0 Å². The zero-order valence-corrected chi connectivity index (χ0v) is 10.4. The molecule has 0 heterocycles. The van der Waals surface area contributed by atoms with E-state index in [4.69, 9.17) is 5.14 Å². The van der Waals surface area contributed by atoms with Gasteiger partial charge in [-0.3, -0.25) is 0 Å². The van der Waals surface area contributed by atoms with E-state index in [1.807, 2.05) is 0 Å². The van der Waals surface area contributed by atoms with Gasteiger partial charge in [0.05, 0.1) is 12.4 Å². The van der Waals surface area contributed by atoms with Gasteiger partial charge in [-0.05, 0) is 12.8 Å². The van der Waals surface area contributed by atoms with Gasteiger partial charge < -0.3 is 4.74 Å². The van der Waals surface area contributed by atoms with Gasteiger partial charge in [0.25, 0.3) is 0 Å². The number of hydrogen-bond donors (Lipinski definition) is 1. The number of ether oxygens (including phenoxy) is 1. The first-order valence-corrected chi connectivity index (χ1v) is 6.90. The molecule has 108 valence electrons. The SMILES string of the molecule is NS(=O)(=O)CCCCOc1c(F)c(F)cc(F)c1F. The van der Waals surface area contributed by atoms with Gasteiger partial charge in [0.15, 0.2) is 17.4 Å². The van der Waals surface area contributed by atoms with Crippen LogP contribution in [0.1, 0.15) is 12.8 Å². The van der Waals surface area contributed by atoms with Crippen LogP contribution in [-0.4, -0.2) is 20.8 Å². The van der Waals surface area contributed by atoms with Crippen molar-refractivity contribution < 1.29 is 30.7 Å². The first kappa shape index (κ1) is 15.7. The summed E-state index contributed by atoms with van der Waals surface area (Å²) in [7, 11) is -3.62. The average Bonchev–Trinajstić information content (AvgIpc) is 2.29. The van der Waals surface area contributed by atoms with Gasteiger partial charge >= 0.3 is 0 Å². The fourth-order valence-electron chi connectivity index (χ4n) is 1.26. The number of halogens is 4. The Morgan fingerprint density at radius 3 is 2.05 bits per heavy atom. The molecule has 1 aromatic rings. The smallest absolute Gasteiger partial charge is 0.209 e. The summed E-state index contributed by atoms with van der Waals surface area (Å²) in [5, 5.41) is 4.73. The van der Waals surface area contributed by atoms with E-state index in [0.717, 1.165) is 0 Å². The molecule has 0 saturated heterocycles. The van der Waals surface area contributed by atoms with Crippen LogP contribution < -0.4 is 9.88 Å². The molecule has 0 aliphatic heterocycles. The van der Waals surface area contributed by atoms with Crippen LogP contribution in [0.15, 0.2) is 6.07 Å². The summed E-state index contributed by atoms with van der Waals surface area (Å²) < 4.78 is 77.6. The van der Waals surface area contributed by atoms with E-state index in [1.165, 1.54) is 0 Å². The molecule has 19 heavy (non-hydrogen) atoms. The lowest BCUT2D eigenvalue weighted by molar-refractivity contribution is 0.266. The van der Waals surface area contributed by atoms with Crippen LogP contribution in [-0.2, 0) is 10.0 Å². The van der Waals surface area contributed by atoms with Crippen LogP contribution >= 0.6 is 0 Å². The van der Waals surface area contributed by atoms with Crippen molar-refractivity contribution in [2.24, 2.45) is 5.14 Å². The fourth-order valence-corrected chi connectivity index (χ4v) is 1.86. The topological polar surface area (TPSA) is 69.4 Å². The van der Waals surface area contributed by atoms with Crippen molar-refractivity contribution in [2.75, 3.05) is 12.4 Å². The number of unbranched alkanes of at least 4 members (excludes halogenated alkanes) is 1. The predicted molar refractivity (Wildman–Crippen MR) is 59.0 cm³/mol. The lowest BCUT2D eigenvalue weighted by Crippen LogP contribution is -2.17. The largest absolute Gasteiger partial charge is 0.487 e. The first-order chi connectivity index (χ1) is 8.72. The molecule has 4 nitrogen and oxygen atoms in total. The Morgan fingerprint density at radius 2 is 1.58 bits per heavy atom. The standard InChI is InChI=1S/C10H11F4NO3S/c11-6-5-7(12)9(14)10(8(6)13)18-3-1-2-4-19(15,16)17/h5H,1-4H2,(H2,15,16,17). The maximum Gasteiger partial charge on any atom is 0.209 e. The molecule has 0 spiro atoms. The third-order valence-corrected chi connectivity index (χ3v) is 3.00. The molecule has 9 heteroatoms. The number of benzene rings is 1. The van der Waals surface area contributed by atoms with Crippen molar-refractivity contribution >= 4 is 10.0 Å². The van der Waals surface area contributed by atoms with Crippen molar-refractivity contribution in [3.63, 3.8) is 0 Å². The van der Waals surface area contributed by atoms with E-state index >= 15 is 0 Å². The number of primary sulfonamides is 1. The fraction of sp³-hybridized carbons (Fsp3) is 0.400. The van der Waals surface area contributed by atoms with Crippen molar-refractivity contribution in [1.82, 2.24) is 0 Å². The van der Waals surface area contributed by atoms with Crippen molar-refractivity contribution in [3.8, 4) is 5.75 Å². The lowest BCUT2D eigenvalue weighted by Gasteiger charge is -2.09. The highest BCUT2D eigenvalue weighted by atomic mass is 32.2. The summed E-state index contributed by atoms with van der Waals surface area (Å²) in [6, 6.07) is 0.0680. The minimum atomic E-state index is -3.62. The molecule has 0 fully saturated rings. The Balaban J connectivity index is 2.59. The highest BCUT2D eigenvalue weighted by Gasteiger charge is 2.20. The quantitative estimate of drug-likeness (QED) is 0.494. The highest BCUT2D eigenvalue weighted by Crippen LogP contribution is 2.26. The normalized spacial score (nSPS) is 11.6. The molecule has 0 radical (unpaired) electrons. The van der Waals surface area contributed by atoms with E-state index in [2.05, 4.69) is 4.74 Å². The minimum Gasteiger partial charge on any atom is -0.487 e. The number of sulfonamides is 1. The monoisotopic (exact) mass is 301 g/mol. The molecule has 0 saturated carbocycles. The molecule has 0 aromatic heterocycles. The van der Waals surface area contributed by atoms with Crippen LogP contribution in [0, 0.1) is 23.3 Å². The summed E-state index contributed by atoms with van der Waals surface area (Å²) in [6.07, 6.45) is 0.202. The van der Waals surface area contributed by atoms with Crippen LogP contribution in [0.25, 0.3) is 0 Å². The van der Waals surface area contributed by atoms with Gasteiger partial charge in [-0.2, -0.15) is 8.78 Å². The molecule has 0 unspecified atom stereocenters. The molecule has 1 rings (SSSR count). The lowest BCUT2D eigenvalue weighted by atomic mass is 10.3. The van der Waals surface area contributed by atoms with Gasteiger partial charge in [0, 0.05) is 6.07 Å². The van der Waals surface area contributed by atoms with E-state index in [0.29, 0.717) is 0 Å². The average molecular weight is 301 g/mol. The molecule has 1 aromatic carbocycles. The minimum absolute atomic E-state index is 0.0680. The summed E-state index contributed by atoms with van der Waals surface area (Å²) in [5.41, 5.74) is 0. The second kappa shape index (κ2) is 6.20. The van der Waals surface area contributed by atoms with Crippen LogP contribution in [0.4, 0.5) is 17.6 Å². The van der Waals surface area contributed by atoms with Gasteiger partial charge in [0.1, 0.15) is 0 Å². The van der Waals surface area contributed by atoms with E-state index in [9.17, 15) is 26.0 Å². The third kappa shape index (κ3) is 4.67. The molecule has 0 atom stereocenters. The number of nitrogens with two attached hydrogens (primary N) is 1. The van der Waals surface area contributed by atoms with Crippen LogP contribution in [0.2, 0.25) is 0 Å². The Morgan fingerprint density at radius 1 is 1.05 bits per heavy atom. The molecule has 0 aliphatic carbocycles. The van der Waals surface area contributed by atoms with E-state index in [-0.39, 0.29) is 31.3 Å². The molecule has 0 bridgehead atoms. The maximum atomic E-state index is 13.1. The third-order valence-electron chi connectivity index (χ3n) is 2.14. The zero-order valence-electron chi connectivity index (χ0n) is 9.63. The van der Waals surface area contributed by atoms with Crippen molar-refractivity contribution in [1.29, 1.82) is 0 Å². The second-order valence-corrected chi connectivity index (χ2v) is 5.45. The summed E-state index contributed by atoms with van der Waals surface area (Å²) >= 11 is 0. The summed E-state index contributed by atoms with van der Waals surface area (Å²) in [6.45, 7) is -0.299. The van der Waals surface area contributed by atoms with Crippen LogP contribution in [0.3, 0.4) is 0 Å². The summed E-state index contributed by atoms with van der Waals surface area (Å²) in [5.74, 6) is -7.89. The Bertz CT molecular complexity index is 536. The second-order valence-electron chi connectivity index (χ2n) is 3.72. The number of rotatable bonds is 6. The van der Waals surface area contributed by atoms with Gasteiger partial charge in [-0.25, -0.2) is 22.3 Å². The predicted octanol–water partition coefficient (Wildman–Crippen LogP) is 1.69. The molecular weight excluding hydrogens is 290 g/mol. The molecule has 0 aliphatic rings.